The highest BCUT2D eigenvalue weighted by Gasteiger charge is 2.23. The second kappa shape index (κ2) is 8.35. The lowest BCUT2D eigenvalue weighted by Crippen LogP contribution is -2.45. The molecule has 4 rings (SSSR count). The van der Waals surface area contributed by atoms with Gasteiger partial charge in [0.25, 0.3) is 5.89 Å². The van der Waals surface area contributed by atoms with Gasteiger partial charge in [-0.1, -0.05) is 41.8 Å². The Hall–Kier alpha value is -2.34. The number of oxazole rings is 1. The largest absolute Gasteiger partial charge is 0.432 e. The fourth-order valence-electron chi connectivity index (χ4n) is 3.21. The summed E-state index contributed by atoms with van der Waals surface area (Å²) in [5.41, 5.74) is 5.08. The van der Waals surface area contributed by atoms with Crippen LogP contribution < -0.4 is 5.43 Å². The number of nitrogens with zero attached hydrogens (tertiary/aromatic N) is 2. The fourth-order valence-corrected chi connectivity index (χ4v) is 3.47. The topological polar surface area (TPSA) is 58.4 Å². The van der Waals surface area contributed by atoms with Crippen LogP contribution in [0.15, 0.2) is 52.9 Å². The molecule has 1 fully saturated rings. The summed E-state index contributed by atoms with van der Waals surface area (Å²) in [6, 6.07) is 14.5. The lowest BCUT2D eigenvalue weighted by molar-refractivity contribution is 0.0715. The first-order valence-corrected chi connectivity index (χ1v) is 9.94. The average Bonchev–Trinajstić information content (AvgIpc) is 3.15. The second-order valence-corrected chi connectivity index (χ2v) is 7.57. The zero-order valence-electron chi connectivity index (χ0n) is 15.1. The molecule has 5 nitrogen and oxygen atoms in total. The molecule has 7 heteroatoms. The minimum absolute atomic E-state index is 0.0282. The molecule has 0 spiro atoms. The second-order valence-electron chi connectivity index (χ2n) is 6.70. The smallest absolute Gasteiger partial charge is 0.321 e. The number of hydrogen-bond acceptors (Lipinski definition) is 4. The Morgan fingerprint density at radius 2 is 1.46 bits per heavy atom. The van der Waals surface area contributed by atoms with Crippen molar-refractivity contribution in [1.82, 2.24) is 15.4 Å². The van der Waals surface area contributed by atoms with Crippen LogP contribution in [0.3, 0.4) is 0 Å². The number of aromatic nitrogens is 1. The molecule has 1 aliphatic rings. The zero-order valence-corrected chi connectivity index (χ0v) is 16.6. The van der Waals surface area contributed by atoms with Gasteiger partial charge in [-0.05, 0) is 49.2 Å². The van der Waals surface area contributed by atoms with Gasteiger partial charge in [0.1, 0.15) is 5.69 Å². The van der Waals surface area contributed by atoms with Gasteiger partial charge >= 0.3 is 5.91 Å². The van der Waals surface area contributed by atoms with E-state index in [1.165, 1.54) is 6.42 Å². The summed E-state index contributed by atoms with van der Waals surface area (Å²) in [4.78, 5) is 17.2. The molecule has 0 saturated carbocycles. The molecular formula is C21H19Cl2N3O2. The van der Waals surface area contributed by atoms with Crippen LogP contribution in [0, 0.1) is 0 Å². The Morgan fingerprint density at radius 1 is 0.893 bits per heavy atom. The van der Waals surface area contributed by atoms with Crippen LogP contribution in [0.4, 0.5) is 0 Å². The van der Waals surface area contributed by atoms with Crippen LogP contribution in [0.1, 0.15) is 29.9 Å². The van der Waals surface area contributed by atoms with Crippen molar-refractivity contribution < 1.29 is 9.21 Å². The molecule has 1 saturated heterocycles. The molecular weight excluding hydrogens is 397 g/mol. The van der Waals surface area contributed by atoms with Gasteiger partial charge in [-0.3, -0.25) is 10.2 Å². The standard InChI is InChI=1S/C21H19Cl2N3O2/c22-16-8-4-14(5-9-16)18-19(15-6-10-17(23)11-7-15)28-21(24-18)20(27)25-26-12-2-1-3-13-26/h4-11H,1-3,12-13H2,(H,25,27). The summed E-state index contributed by atoms with van der Waals surface area (Å²) in [5, 5.41) is 3.17. The van der Waals surface area contributed by atoms with Gasteiger partial charge in [0.2, 0.25) is 0 Å². The molecule has 0 atom stereocenters. The van der Waals surface area contributed by atoms with Gasteiger partial charge in [0, 0.05) is 34.3 Å². The predicted molar refractivity (Wildman–Crippen MR) is 110 cm³/mol. The zero-order chi connectivity index (χ0) is 19.5. The highest BCUT2D eigenvalue weighted by Crippen LogP contribution is 2.34. The maximum Gasteiger partial charge on any atom is 0.321 e. The average molecular weight is 416 g/mol. The number of nitrogens with one attached hydrogen (secondary N) is 1. The third kappa shape index (κ3) is 4.22. The molecule has 0 radical (unpaired) electrons. The normalized spacial score (nSPS) is 14.8. The Labute approximate surface area is 173 Å². The van der Waals surface area contributed by atoms with Crippen molar-refractivity contribution in [2.24, 2.45) is 0 Å². The molecule has 1 aliphatic heterocycles. The maximum absolute atomic E-state index is 12.7. The highest BCUT2D eigenvalue weighted by atomic mass is 35.5. The molecule has 1 aromatic heterocycles. The summed E-state index contributed by atoms with van der Waals surface area (Å²) >= 11 is 12.0. The monoisotopic (exact) mass is 415 g/mol. The first-order valence-electron chi connectivity index (χ1n) is 9.19. The lowest BCUT2D eigenvalue weighted by atomic mass is 10.1. The van der Waals surface area contributed by atoms with Crippen LogP contribution in [0.2, 0.25) is 10.0 Å². The van der Waals surface area contributed by atoms with E-state index in [2.05, 4.69) is 10.4 Å². The van der Waals surface area contributed by atoms with E-state index in [1.54, 1.807) is 24.3 Å². The van der Waals surface area contributed by atoms with Crippen molar-refractivity contribution >= 4 is 29.1 Å². The van der Waals surface area contributed by atoms with E-state index < -0.39 is 0 Å². The van der Waals surface area contributed by atoms with Crippen LogP contribution in [-0.4, -0.2) is 29.0 Å². The van der Waals surface area contributed by atoms with Crippen molar-refractivity contribution in [1.29, 1.82) is 0 Å². The molecule has 1 amide bonds. The van der Waals surface area contributed by atoms with Gasteiger partial charge in [-0.2, -0.15) is 0 Å². The van der Waals surface area contributed by atoms with Gasteiger partial charge in [-0.25, -0.2) is 9.99 Å². The minimum atomic E-state index is -0.350. The van der Waals surface area contributed by atoms with E-state index in [4.69, 9.17) is 27.6 Å². The predicted octanol–water partition coefficient (Wildman–Crippen LogP) is 5.45. The molecule has 0 bridgehead atoms. The molecule has 0 unspecified atom stereocenters. The third-order valence-corrected chi connectivity index (χ3v) is 5.17. The highest BCUT2D eigenvalue weighted by molar-refractivity contribution is 6.31. The van der Waals surface area contributed by atoms with Gasteiger partial charge in [-0.15, -0.1) is 0 Å². The van der Waals surface area contributed by atoms with E-state index in [-0.39, 0.29) is 11.8 Å². The molecule has 2 aromatic carbocycles. The molecule has 144 valence electrons. The first-order chi connectivity index (χ1) is 13.6. The summed E-state index contributed by atoms with van der Waals surface area (Å²) in [6.07, 6.45) is 3.32. The SMILES string of the molecule is O=C(NN1CCCCC1)c1nc(-c2ccc(Cl)cc2)c(-c2ccc(Cl)cc2)o1. The number of rotatable bonds is 4. The molecule has 0 aliphatic carbocycles. The number of halogens is 2. The Morgan fingerprint density at radius 3 is 2.07 bits per heavy atom. The van der Waals surface area contributed by atoms with E-state index >= 15 is 0 Å². The molecule has 28 heavy (non-hydrogen) atoms. The number of piperidine rings is 1. The summed E-state index contributed by atoms with van der Waals surface area (Å²) in [7, 11) is 0. The number of hydrazine groups is 1. The number of carbonyl (C=O) groups is 1. The lowest BCUT2D eigenvalue weighted by Gasteiger charge is -2.25. The number of benzene rings is 2. The van der Waals surface area contributed by atoms with Crippen LogP contribution in [0.25, 0.3) is 22.6 Å². The van der Waals surface area contributed by atoms with Crippen molar-refractivity contribution in [3.05, 3.63) is 64.5 Å². The van der Waals surface area contributed by atoms with Gasteiger partial charge < -0.3 is 4.42 Å². The first kappa shape index (κ1) is 19.0. The maximum atomic E-state index is 12.7. The molecule has 3 aromatic rings. The third-order valence-electron chi connectivity index (χ3n) is 4.66. The number of amides is 1. The van der Waals surface area contributed by atoms with Crippen molar-refractivity contribution in [3.8, 4) is 22.6 Å². The summed E-state index contributed by atoms with van der Waals surface area (Å²) < 4.78 is 5.90. The van der Waals surface area contributed by atoms with Crippen LogP contribution in [0.5, 0.6) is 0 Å². The van der Waals surface area contributed by atoms with Gasteiger partial charge in [0.05, 0.1) is 0 Å². The Balaban J connectivity index is 1.69. The Kier molecular flexibility index (Phi) is 5.67. The Bertz CT molecular complexity index is 899. The minimum Gasteiger partial charge on any atom is -0.432 e. The molecule has 2 heterocycles. The summed E-state index contributed by atoms with van der Waals surface area (Å²) in [5.74, 6) is 0.195. The van der Waals surface area contributed by atoms with Crippen LogP contribution >= 0.6 is 23.2 Å². The van der Waals surface area contributed by atoms with Crippen molar-refractivity contribution in [3.63, 3.8) is 0 Å². The van der Waals surface area contributed by atoms with Crippen molar-refractivity contribution in [2.45, 2.75) is 19.3 Å². The van der Waals surface area contributed by atoms with E-state index in [1.807, 2.05) is 29.3 Å². The number of hydrogen-bond donors (Lipinski definition) is 1. The van der Waals surface area contributed by atoms with E-state index in [9.17, 15) is 4.79 Å². The summed E-state index contributed by atoms with van der Waals surface area (Å²) in [6.45, 7) is 1.67. The van der Waals surface area contributed by atoms with Gasteiger partial charge in [0.15, 0.2) is 5.76 Å². The van der Waals surface area contributed by atoms with E-state index in [0.717, 1.165) is 37.1 Å². The number of carbonyl (C=O) groups excluding carboxylic acids is 1. The van der Waals surface area contributed by atoms with Crippen LogP contribution in [-0.2, 0) is 0 Å². The quantitative estimate of drug-likeness (QED) is 0.615. The molecule has 1 N–H and O–H groups in total. The van der Waals surface area contributed by atoms with Crippen molar-refractivity contribution in [2.75, 3.05) is 13.1 Å². The van der Waals surface area contributed by atoms with E-state index in [0.29, 0.717) is 21.5 Å². The fraction of sp³-hybridized carbons (Fsp3) is 0.238.